The van der Waals surface area contributed by atoms with Crippen molar-refractivity contribution >= 4 is 0 Å². The number of likely N-dealkylation sites (tertiary alicyclic amines) is 2. The van der Waals surface area contributed by atoms with Crippen LogP contribution >= 0.6 is 0 Å². The molecule has 0 aromatic heterocycles. The molecule has 1 aromatic rings. The molecule has 21 heavy (non-hydrogen) atoms. The van der Waals surface area contributed by atoms with Crippen molar-refractivity contribution in [1.29, 1.82) is 0 Å². The molecule has 1 atom stereocenters. The molecular weight excluding hydrogens is 260 g/mol. The van der Waals surface area contributed by atoms with Gasteiger partial charge in [-0.05, 0) is 56.4 Å². The topological polar surface area (TPSA) is 15.7 Å². The average molecular weight is 288 g/mol. The lowest BCUT2D eigenvalue weighted by atomic mass is 9.79. The standard InChI is InChI=1S/C18H28N2O/c1-2-19-12-10-18(15-19)9-6-11-20(16-18)13-14-21-17-7-4-3-5-8-17/h3-5,7-8H,2,6,9-16H2,1H3. The van der Waals surface area contributed by atoms with Gasteiger partial charge in [0.25, 0.3) is 0 Å². The predicted octanol–water partition coefficient (Wildman–Crippen LogP) is 2.87. The number of nitrogens with zero attached hydrogens (tertiary/aromatic N) is 2. The zero-order valence-electron chi connectivity index (χ0n) is 13.3. The van der Waals surface area contributed by atoms with Gasteiger partial charge in [0.15, 0.2) is 0 Å². The number of rotatable bonds is 5. The van der Waals surface area contributed by atoms with Crippen molar-refractivity contribution in [2.75, 3.05) is 45.9 Å². The van der Waals surface area contributed by atoms with Crippen molar-refractivity contribution in [2.45, 2.75) is 26.2 Å². The van der Waals surface area contributed by atoms with Crippen LogP contribution in [0.25, 0.3) is 0 Å². The van der Waals surface area contributed by atoms with Crippen LogP contribution in [0, 0.1) is 5.41 Å². The summed E-state index contributed by atoms with van der Waals surface area (Å²) in [6, 6.07) is 10.2. The molecule has 2 saturated heterocycles. The van der Waals surface area contributed by atoms with Crippen LogP contribution in [0.4, 0.5) is 0 Å². The van der Waals surface area contributed by atoms with Crippen LogP contribution in [-0.2, 0) is 0 Å². The highest BCUT2D eigenvalue weighted by Gasteiger charge is 2.40. The van der Waals surface area contributed by atoms with Crippen molar-refractivity contribution in [3.8, 4) is 5.75 Å². The monoisotopic (exact) mass is 288 g/mol. The summed E-state index contributed by atoms with van der Waals surface area (Å²) in [6.45, 7) is 10.5. The Morgan fingerprint density at radius 1 is 1.05 bits per heavy atom. The minimum Gasteiger partial charge on any atom is -0.492 e. The van der Waals surface area contributed by atoms with Crippen molar-refractivity contribution in [3.05, 3.63) is 30.3 Å². The molecule has 1 unspecified atom stereocenters. The summed E-state index contributed by atoms with van der Waals surface area (Å²) in [5.41, 5.74) is 0.570. The lowest BCUT2D eigenvalue weighted by molar-refractivity contribution is 0.0816. The Balaban J connectivity index is 1.46. The largest absolute Gasteiger partial charge is 0.492 e. The Bertz CT molecular complexity index is 436. The van der Waals surface area contributed by atoms with E-state index in [1.165, 1.54) is 52.0 Å². The van der Waals surface area contributed by atoms with Crippen molar-refractivity contribution in [3.63, 3.8) is 0 Å². The van der Waals surface area contributed by atoms with Gasteiger partial charge in [-0.2, -0.15) is 0 Å². The van der Waals surface area contributed by atoms with E-state index in [9.17, 15) is 0 Å². The Labute approximate surface area is 128 Å². The molecule has 2 aliphatic rings. The molecule has 1 aromatic carbocycles. The van der Waals surface area contributed by atoms with E-state index in [-0.39, 0.29) is 0 Å². The second-order valence-corrected chi connectivity index (χ2v) is 6.66. The average Bonchev–Trinajstić information content (AvgIpc) is 2.91. The minimum absolute atomic E-state index is 0.570. The molecule has 3 rings (SSSR count). The van der Waals surface area contributed by atoms with Gasteiger partial charge in [0.1, 0.15) is 12.4 Å². The summed E-state index contributed by atoms with van der Waals surface area (Å²) in [7, 11) is 0. The lowest BCUT2D eigenvalue weighted by Crippen LogP contribution is -2.46. The molecule has 1 spiro atoms. The summed E-state index contributed by atoms with van der Waals surface area (Å²) in [5.74, 6) is 0.988. The Morgan fingerprint density at radius 3 is 2.62 bits per heavy atom. The van der Waals surface area contributed by atoms with E-state index in [4.69, 9.17) is 4.74 Å². The smallest absolute Gasteiger partial charge is 0.119 e. The van der Waals surface area contributed by atoms with Crippen molar-refractivity contribution < 1.29 is 4.74 Å². The van der Waals surface area contributed by atoms with Crippen molar-refractivity contribution in [2.24, 2.45) is 5.41 Å². The molecule has 3 heteroatoms. The third kappa shape index (κ3) is 3.78. The number of ether oxygens (including phenoxy) is 1. The van der Waals surface area contributed by atoms with Crippen LogP contribution < -0.4 is 4.74 Å². The van der Waals surface area contributed by atoms with Crippen molar-refractivity contribution in [1.82, 2.24) is 9.80 Å². The summed E-state index contributed by atoms with van der Waals surface area (Å²) in [4.78, 5) is 5.23. The quantitative estimate of drug-likeness (QED) is 0.828. The normalized spacial score (nSPS) is 27.3. The fourth-order valence-corrected chi connectivity index (χ4v) is 3.94. The van der Waals surface area contributed by atoms with E-state index in [0.717, 1.165) is 18.9 Å². The maximum absolute atomic E-state index is 5.85. The minimum atomic E-state index is 0.570. The second-order valence-electron chi connectivity index (χ2n) is 6.66. The predicted molar refractivity (Wildman–Crippen MR) is 86.8 cm³/mol. The Kier molecular flexibility index (Phi) is 4.81. The van der Waals surface area contributed by atoms with Gasteiger partial charge in [-0.25, -0.2) is 0 Å². The Morgan fingerprint density at radius 2 is 1.86 bits per heavy atom. The number of piperidine rings is 1. The van der Waals surface area contributed by atoms with E-state index in [1.807, 2.05) is 30.3 Å². The van der Waals surface area contributed by atoms with Gasteiger partial charge in [-0.1, -0.05) is 25.1 Å². The fourth-order valence-electron chi connectivity index (χ4n) is 3.94. The summed E-state index contributed by atoms with van der Waals surface area (Å²) < 4.78 is 5.85. The third-order valence-corrected chi connectivity index (χ3v) is 5.12. The molecule has 2 fully saturated rings. The van der Waals surface area contributed by atoms with E-state index < -0.39 is 0 Å². The van der Waals surface area contributed by atoms with Gasteiger partial charge in [0.05, 0.1) is 0 Å². The van der Waals surface area contributed by atoms with E-state index in [1.54, 1.807) is 0 Å². The second kappa shape index (κ2) is 6.80. The number of hydrogen-bond donors (Lipinski definition) is 0. The highest BCUT2D eigenvalue weighted by atomic mass is 16.5. The highest BCUT2D eigenvalue weighted by molar-refractivity contribution is 5.20. The first-order chi connectivity index (χ1) is 10.3. The molecule has 116 valence electrons. The number of para-hydroxylation sites is 1. The van der Waals surface area contributed by atoms with Crippen LogP contribution in [0.3, 0.4) is 0 Å². The maximum Gasteiger partial charge on any atom is 0.119 e. The highest BCUT2D eigenvalue weighted by Crippen LogP contribution is 2.38. The molecule has 0 saturated carbocycles. The summed E-state index contributed by atoms with van der Waals surface area (Å²) in [6.07, 6.45) is 4.15. The lowest BCUT2D eigenvalue weighted by Gasteiger charge is -2.40. The zero-order chi connectivity index (χ0) is 14.5. The molecule has 0 aliphatic carbocycles. The van der Waals surface area contributed by atoms with Gasteiger partial charge < -0.3 is 9.64 Å². The van der Waals surface area contributed by atoms with E-state index in [2.05, 4.69) is 16.7 Å². The molecule has 3 nitrogen and oxygen atoms in total. The van der Waals surface area contributed by atoms with Crippen LogP contribution in [0.2, 0.25) is 0 Å². The molecular formula is C18H28N2O. The van der Waals surface area contributed by atoms with Gasteiger partial charge in [0, 0.05) is 19.6 Å². The van der Waals surface area contributed by atoms with Gasteiger partial charge in [-0.3, -0.25) is 4.90 Å². The van der Waals surface area contributed by atoms with E-state index >= 15 is 0 Å². The number of hydrogen-bond acceptors (Lipinski definition) is 3. The van der Waals surface area contributed by atoms with Gasteiger partial charge >= 0.3 is 0 Å². The van der Waals surface area contributed by atoms with Gasteiger partial charge in [0.2, 0.25) is 0 Å². The number of benzene rings is 1. The molecule has 0 amide bonds. The first kappa shape index (κ1) is 14.9. The summed E-state index contributed by atoms with van der Waals surface area (Å²) in [5, 5.41) is 0. The molecule has 2 heterocycles. The molecule has 0 bridgehead atoms. The van der Waals surface area contributed by atoms with Gasteiger partial charge in [-0.15, -0.1) is 0 Å². The fraction of sp³-hybridized carbons (Fsp3) is 0.667. The Hall–Kier alpha value is -1.06. The first-order valence-corrected chi connectivity index (χ1v) is 8.42. The van der Waals surface area contributed by atoms with Crippen LogP contribution in [0.1, 0.15) is 26.2 Å². The SMILES string of the molecule is CCN1CCC2(CCCN(CCOc3ccccc3)C2)C1. The molecule has 2 aliphatic heterocycles. The zero-order valence-corrected chi connectivity index (χ0v) is 13.3. The summed E-state index contributed by atoms with van der Waals surface area (Å²) >= 11 is 0. The third-order valence-electron chi connectivity index (χ3n) is 5.12. The maximum atomic E-state index is 5.85. The molecule has 0 N–H and O–H groups in total. The van der Waals surface area contributed by atoms with E-state index in [0.29, 0.717) is 5.41 Å². The first-order valence-electron chi connectivity index (χ1n) is 8.42. The van der Waals surface area contributed by atoms with Crippen LogP contribution in [-0.4, -0.2) is 55.7 Å². The van der Waals surface area contributed by atoms with Crippen LogP contribution in [0.5, 0.6) is 5.75 Å². The van der Waals surface area contributed by atoms with Crippen LogP contribution in [0.15, 0.2) is 30.3 Å². The molecule has 0 radical (unpaired) electrons.